The number of anilines is 2. The molecule has 0 radical (unpaired) electrons. The highest BCUT2D eigenvalue weighted by molar-refractivity contribution is 5.67. The molecule has 0 aliphatic rings. The van der Waals surface area contributed by atoms with Crippen LogP contribution in [0.1, 0.15) is 5.56 Å². The highest BCUT2D eigenvalue weighted by atomic mass is 19.1. The average molecular weight is 248 g/mol. The third-order valence-corrected chi connectivity index (χ3v) is 2.73. The molecule has 0 aromatic heterocycles. The van der Waals surface area contributed by atoms with Crippen molar-refractivity contribution < 1.29 is 8.78 Å². The van der Waals surface area contributed by atoms with Crippen molar-refractivity contribution in [3.8, 4) is 0 Å². The van der Waals surface area contributed by atoms with E-state index in [-0.39, 0.29) is 11.6 Å². The van der Waals surface area contributed by atoms with E-state index in [0.717, 1.165) is 5.56 Å². The van der Waals surface area contributed by atoms with Crippen molar-refractivity contribution in [1.82, 2.24) is 0 Å². The van der Waals surface area contributed by atoms with Crippen LogP contribution in [0.15, 0.2) is 42.5 Å². The quantitative estimate of drug-likeness (QED) is 0.845. The van der Waals surface area contributed by atoms with Gasteiger partial charge in [-0.05, 0) is 29.8 Å². The minimum Gasteiger partial charge on any atom is -0.397 e. The summed E-state index contributed by atoms with van der Waals surface area (Å²) < 4.78 is 26.5. The zero-order chi connectivity index (χ0) is 13.1. The van der Waals surface area contributed by atoms with E-state index in [4.69, 9.17) is 5.73 Å². The van der Waals surface area contributed by atoms with E-state index in [0.29, 0.717) is 17.9 Å². The van der Waals surface area contributed by atoms with Crippen LogP contribution in [-0.4, -0.2) is 7.05 Å². The molecule has 18 heavy (non-hydrogen) atoms. The lowest BCUT2D eigenvalue weighted by molar-refractivity contribution is 0.621. The van der Waals surface area contributed by atoms with Gasteiger partial charge in [-0.1, -0.05) is 18.2 Å². The lowest BCUT2D eigenvalue weighted by Crippen LogP contribution is -2.19. The maximum absolute atomic E-state index is 13.7. The van der Waals surface area contributed by atoms with Crippen molar-refractivity contribution in [1.29, 1.82) is 0 Å². The molecule has 2 rings (SSSR count). The predicted molar refractivity (Wildman–Crippen MR) is 69.3 cm³/mol. The fraction of sp³-hybridized carbons (Fsp3) is 0.143. The Hall–Kier alpha value is -2.10. The monoisotopic (exact) mass is 248 g/mol. The smallest absolute Gasteiger partial charge is 0.148 e. The van der Waals surface area contributed by atoms with Crippen LogP contribution >= 0.6 is 0 Å². The Morgan fingerprint density at radius 2 is 1.72 bits per heavy atom. The molecule has 4 heteroatoms. The molecule has 2 N–H and O–H groups in total. The maximum Gasteiger partial charge on any atom is 0.148 e. The van der Waals surface area contributed by atoms with Gasteiger partial charge in [-0.2, -0.15) is 0 Å². The number of nitrogen functional groups attached to an aromatic ring is 1. The van der Waals surface area contributed by atoms with E-state index in [2.05, 4.69) is 0 Å². The zero-order valence-electron chi connectivity index (χ0n) is 10.0. The molecule has 0 fully saturated rings. The summed E-state index contributed by atoms with van der Waals surface area (Å²) in [6, 6.07) is 10.7. The molecule has 0 aliphatic carbocycles. The van der Waals surface area contributed by atoms with E-state index in [1.807, 2.05) is 0 Å². The van der Waals surface area contributed by atoms with Gasteiger partial charge < -0.3 is 10.6 Å². The summed E-state index contributed by atoms with van der Waals surface area (Å²) in [4.78, 5) is 1.71. The average Bonchev–Trinajstić information content (AvgIpc) is 2.32. The lowest BCUT2D eigenvalue weighted by atomic mass is 10.2. The lowest BCUT2D eigenvalue weighted by Gasteiger charge is -2.21. The fourth-order valence-corrected chi connectivity index (χ4v) is 1.88. The van der Waals surface area contributed by atoms with Crippen LogP contribution in [-0.2, 0) is 6.54 Å². The molecule has 0 amide bonds. The summed E-state index contributed by atoms with van der Waals surface area (Å²) in [5, 5.41) is 0. The van der Waals surface area contributed by atoms with Gasteiger partial charge in [0.1, 0.15) is 11.6 Å². The van der Waals surface area contributed by atoms with Crippen molar-refractivity contribution in [3.63, 3.8) is 0 Å². The summed E-state index contributed by atoms with van der Waals surface area (Å²) in [6.07, 6.45) is 0. The minimum absolute atomic E-state index is 0.285. The van der Waals surface area contributed by atoms with Gasteiger partial charge in [-0.15, -0.1) is 0 Å². The van der Waals surface area contributed by atoms with Gasteiger partial charge in [0.25, 0.3) is 0 Å². The van der Waals surface area contributed by atoms with Crippen molar-refractivity contribution in [2.24, 2.45) is 0 Å². The van der Waals surface area contributed by atoms with Gasteiger partial charge in [0.15, 0.2) is 0 Å². The SMILES string of the molecule is CN(Cc1ccc(F)cc1)c1c(N)cccc1F. The first-order chi connectivity index (χ1) is 8.58. The predicted octanol–water partition coefficient (Wildman–Crippen LogP) is 3.18. The van der Waals surface area contributed by atoms with Crippen molar-refractivity contribution in [2.45, 2.75) is 6.54 Å². The summed E-state index contributed by atoms with van der Waals surface area (Å²) in [7, 11) is 1.75. The first kappa shape index (κ1) is 12.4. The molecule has 94 valence electrons. The van der Waals surface area contributed by atoms with Crippen LogP contribution in [0.4, 0.5) is 20.2 Å². The number of nitrogens with zero attached hydrogens (tertiary/aromatic N) is 1. The minimum atomic E-state index is -0.361. The Morgan fingerprint density at radius 1 is 1.06 bits per heavy atom. The van der Waals surface area contributed by atoms with Gasteiger partial charge in [0.2, 0.25) is 0 Å². The van der Waals surface area contributed by atoms with E-state index in [1.54, 1.807) is 36.2 Å². The molecule has 0 bridgehead atoms. The molecule has 2 aromatic carbocycles. The second kappa shape index (κ2) is 5.04. The Labute approximate surface area is 105 Å². The standard InChI is InChI=1S/C14H14F2N2/c1-18(9-10-5-7-11(15)8-6-10)14-12(16)3-2-4-13(14)17/h2-8H,9,17H2,1H3. The maximum atomic E-state index is 13.7. The van der Waals surface area contributed by atoms with E-state index in [1.165, 1.54) is 18.2 Å². The Morgan fingerprint density at radius 3 is 2.33 bits per heavy atom. The van der Waals surface area contributed by atoms with Crippen LogP contribution in [0.3, 0.4) is 0 Å². The molecule has 2 aromatic rings. The van der Waals surface area contributed by atoms with E-state index < -0.39 is 0 Å². The Kier molecular flexibility index (Phi) is 3.46. The highest BCUT2D eigenvalue weighted by Gasteiger charge is 2.11. The molecule has 0 saturated heterocycles. The van der Waals surface area contributed by atoms with Gasteiger partial charge in [-0.25, -0.2) is 8.78 Å². The van der Waals surface area contributed by atoms with Crippen LogP contribution < -0.4 is 10.6 Å². The highest BCUT2D eigenvalue weighted by Crippen LogP contribution is 2.26. The summed E-state index contributed by atoms with van der Waals surface area (Å²) in [5.74, 6) is -0.647. The number of para-hydroxylation sites is 1. The van der Waals surface area contributed by atoms with Gasteiger partial charge in [0, 0.05) is 13.6 Å². The topological polar surface area (TPSA) is 29.3 Å². The molecule has 0 heterocycles. The molecular formula is C14H14F2N2. The van der Waals surface area contributed by atoms with Gasteiger partial charge >= 0.3 is 0 Å². The second-order valence-electron chi connectivity index (χ2n) is 4.16. The third-order valence-electron chi connectivity index (χ3n) is 2.73. The van der Waals surface area contributed by atoms with Crippen molar-refractivity contribution in [3.05, 3.63) is 59.7 Å². The Bertz CT molecular complexity index is 518. The summed E-state index contributed by atoms with van der Waals surface area (Å²) in [5.41, 5.74) is 7.40. The van der Waals surface area contributed by atoms with E-state index >= 15 is 0 Å². The van der Waals surface area contributed by atoms with Gasteiger partial charge in [0.05, 0.1) is 11.4 Å². The normalized spacial score (nSPS) is 10.4. The number of hydrogen-bond donors (Lipinski definition) is 1. The second-order valence-corrected chi connectivity index (χ2v) is 4.16. The summed E-state index contributed by atoms with van der Waals surface area (Å²) in [6.45, 7) is 0.464. The van der Waals surface area contributed by atoms with Gasteiger partial charge in [-0.3, -0.25) is 0 Å². The summed E-state index contributed by atoms with van der Waals surface area (Å²) >= 11 is 0. The largest absolute Gasteiger partial charge is 0.397 e. The van der Waals surface area contributed by atoms with Crippen molar-refractivity contribution in [2.75, 3.05) is 17.7 Å². The molecular weight excluding hydrogens is 234 g/mol. The molecule has 0 unspecified atom stereocenters. The zero-order valence-corrected chi connectivity index (χ0v) is 10.0. The van der Waals surface area contributed by atoms with Crippen LogP contribution in [0, 0.1) is 11.6 Å². The third kappa shape index (κ3) is 2.59. The molecule has 0 atom stereocenters. The van der Waals surface area contributed by atoms with Crippen LogP contribution in [0.2, 0.25) is 0 Å². The molecule has 0 spiro atoms. The number of hydrogen-bond acceptors (Lipinski definition) is 2. The fourth-order valence-electron chi connectivity index (χ4n) is 1.88. The molecule has 0 saturated carbocycles. The molecule has 2 nitrogen and oxygen atoms in total. The van der Waals surface area contributed by atoms with Crippen LogP contribution in [0.25, 0.3) is 0 Å². The Balaban J connectivity index is 2.22. The number of nitrogens with two attached hydrogens (primary N) is 1. The number of benzene rings is 2. The number of rotatable bonds is 3. The van der Waals surface area contributed by atoms with E-state index in [9.17, 15) is 8.78 Å². The molecule has 0 aliphatic heterocycles. The first-order valence-corrected chi connectivity index (χ1v) is 5.57. The van der Waals surface area contributed by atoms with Crippen LogP contribution in [0.5, 0.6) is 0 Å². The number of halogens is 2. The van der Waals surface area contributed by atoms with Crippen molar-refractivity contribution >= 4 is 11.4 Å². The first-order valence-electron chi connectivity index (χ1n) is 5.57.